The van der Waals surface area contributed by atoms with Crippen molar-refractivity contribution in [2.45, 2.75) is 30.3 Å². The summed E-state index contributed by atoms with van der Waals surface area (Å²) < 4.78 is 40.0. The Morgan fingerprint density at radius 3 is 2.58 bits per heavy atom. The number of rotatable bonds is 6. The Kier molecular flexibility index (Phi) is 5.81. The van der Waals surface area contributed by atoms with Crippen LogP contribution in [0.3, 0.4) is 0 Å². The molecule has 0 bridgehead atoms. The fourth-order valence-electron chi connectivity index (χ4n) is 3.19. The molecule has 4 rings (SSSR count). The molecule has 0 aliphatic heterocycles. The van der Waals surface area contributed by atoms with E-state index in [9.17, 15) is 18.0 Å². The van der Waals surface area contributed by atoms with Crippen molar-refractivity contribution < 1.29 is 23.1 Å². The summed E-state index contributed by atoms with van der Waals surface area (Å²) >= 11 is 3.11. The van der Waals surface area contributed by atoms with Crippen molar-refractivity contribution in [2.75, 3.05) is 0 Å². The van der Waals surface area contributed by atoms with E-state index in [0.717, 1.165) is 38.5 Å². The maximum atomic E-state index is 12.8. The molecule has 1 N–H and O–H groups in total. The van der Waals surface area contributed by atoms with Crippen LogP contribution in [0.4, 0.5) is 13.2 Å². The monoisotopic (exact) mass is 462 g/mol. The first kappa shape index (κ1) is 21.5. The van der Waals surface area contributed by atoms with E-state index in [2.05, 4.69) is 4.98 Å². The number of halogens is 3. The number of alkyl halides is 3. The van der Waals surface area contributed by atoms with Gasteiger partial charge in [-0.1, -0.05) is 12.1 Å². The average molecular weight is 463 g/mol. The third-order valence-electron chi connectivity index (χ3n) is 4.77. The van der Waals surface area contributed by atoms with E-state index in [-0.39, 0.29) is 6.54 Å². The van der Waals surface area contributed by atoms with Crippen molar-refractivity contribution in [2.24, 2.45) is 0 Å². The highest BCUT2D eigenvalue weighted by atomic mass is 32.2. The largest absolute Gasteiger partial charge is 0.480 e. The number of hydrogen-bond donors (Lipinski definition) is 1. The molecule has 0 aliphatic carbocycles. The first-order chi connectivity index (χ1) is 14.7. The van der Waals surface area contributed by atoms with E-state index in [1.165, 1.54) is 23.5 Å². The first-order valence-corrected chi connectivity index (χ1v) is 11.1. The maximum absolute atomic E-state index is 12.8. The van der Waals surface area contributed by atoms with Crippen molar-refractivity contribution >= 4 is 40.0 Å². The van der Waals surface area contributed by atoms with E-state index in [1.807, 2.05) is 31.2 Å². The Morgan fingerprint density at radius 1 is 1.16 bits per heavy atom. The van der Waals surface area contributed by atoms with Gasteiger partial charge in [-0.2, -0.15) is 13.2 Å². The molecule has 2 aromatic carbocycles. The minimum Gasteiger partial charge on any atom is -0.480 e. The number of carboxylic acid groups (broad SMARTS) is 1. The number of carbonyl (C=O) groups is 1. The van der Waals surface area contributed by atoms with Gasteiger partial charge in [0, 0.05) is 38.2 Å². The normalized spacial score (nSPS) is 11.9. The lowest BCUT2D eigenvalue weighted by Gasteiger charge is -2.06. The number of hydrogen-bond acceptors (Lipinski definition) is 4. The van der Waals surface area contributed by atoms with Crippen LogP contribution in [0.5, 0.6) is 0 Å². The van der Waals surface area contributed by atoms with Gasteiger partial charge in [-0.15, -0.1) is 23.1 Å². The summed E-state index contributed by atoms with van der Waals surface area (Å²) in [5.41, 5.74) is 1.72. The van der Waals surface area contributed by atoms with Crippen LogP contribution in [0.25, 0.3) is 21.5 Å². The Balaban J connectivity index is 1.48. The van der Waals surface area contributed by atoms with Crippen LogP contribution in [-0.2, 0) is 23.3 Å². The van der Waals surface area contributed by atoms with Gasteiger partial charge in [-0.05, 0) is 43.3 Å². The van der Waals surface area contributed by atoms with E-state index in [0.29, 0.717) is 16.3 Å². The molecule has 31 heavy (non-hydrogen) atoms. The summed E-state index contributed by atoms with van der Waals surface area (Å²) in [6.07, 6.45) is -2.59. The van der Waals surface area contributed by atoms with Gasteiger partial charge in [0.05, 0.1) is 11.3 Å². The van der Waals surface area contributed by atoms with Crippen LogP contribution in [0.15, 0.2) is 59.6 Å². The molecule has 4 nitrogen and oxygen atoms in total. The predicted octanol–water partition coefficient (Wildman–Crippen LogP) is 6.47. The Bertz CT molecular complexity index is 1240. The number of aryl methyl sites for hydroxylation is 1. The molecule has 0 saturated heterocycles. The van der Waals surface area contributed by atoms with Crippen molar-refractivity contribution in [3.63, 3.8) is 0 Å². The van der Waals surface area contributed by atoms with Gasteiger partial charge >= 0.3 is 12.1 Å². The van der Waals surface area contributed by atoms with Gasteiger partial charge in [0.25, 0.3) is 0 Å². The SMILES string of the molecule is Cc1nc(-c2ccc(C(F)(F)F)cc2)sc1CSc1ccc2c(ccn2CC(=O)O)c1. The fraction of sp³-hybridized carbons (Fsp3) is 0.182. The van der Waals surface area contributed by atoms with E-state index >= 15 is 0 Å². The molecule has 2 heterocycles. The fourth-order valence-corrected chi connectivity index (χ4v) is 5.34. The van der Waals surface area contributed by atoms with E-state index in [4.69, 9.17) is 5.11 Å². The minimum absolute atomic E-state index is 0.0806. The quantitative estimate of drug-likeness (QED) is 0.334. The topological polar surface area (TPSA) is 55.1 Å². The number of thiazole rings is 1. The number of carboxylic acids is 1. The molecule has 9 heteroatoms. The van der Waals surface area contributed by atoms with Crippen LogP contribution in [0.1, 0.15) is 16.1 Å². The van der Waals surface area contributed by atoms with Crippen molar-refractivity contribution in [3.05, 3.63) is 70.9 Å². The number of thioether (sulfide) groups is 1. The second-order valence-corrected chi connectivity index (χ2v) is 9.08. The van der Waals surface area contributed by atoms with Gasteiger partial charge in [0.15, 0.2) is 0 Å². The predicted molar refractivity (Wildman–Crippen MR) is 116 cm³/mol. The van der Waals surface area contributed by atoms with Gasteiger partial charge in [-0.25, -0.2) is 4.98 Å². The highest BCUT2D eigenvalue weighted by Crippen LogP contribution is 2.35. The Morgan fingerprint density at radius 2 is 1.90 bits per heavy atom. The minimum atomic E-state index is -4.35. The molecule has 0 atom stereocenters. The number of fused-ring (bicyclic) bond motifs is 1. The summed E-state index contributed by atoms with van der Waals surface area (Å²) in [7, 11) is 0. The van der Waals surface area contributed by atoms with E-state index in [1.54, 1.807) is 22.5 Å². The highest BCUT2D eigenvalue weighted by molar-refractivity contribution is 7.98. The first-order valence-electron chi connectivity index (χ1n) is 9.28. The molecular weight excluding hydrogens is 445 g/mol. The summed E-state index contributed by atoms with van der Waals surface area (Å²) in [4.78, 5) is 17.6. The lowest BCUT2D eigenvalue weighted by atomic mass is 10.1. The third-order valence-corrected chi connectivity index (χ3v) is 7.18. The standard InChI is InChI=1S/C22H17F3N2O2S2/c1-13-19(31-21(26-13)14-2-4-16(5-3-14)22(23,24)25)12-30-17-6-7-18-15(10-17)8-9-27(18)11-20(28)29/h2-10H,11-12H2,1H3,(H,28,29). The summed E-state index contributed by atoms with van der Waals surface area (Å²) in [6.45, 7) is 1.82. The molecule has 0 radical (unpaired) electrons. The molecule has 0 aliphatic rings. The molecule has 0 unspecified atom stereocenters. The van der Waals surface area contributed by atoms with Crippen LogP contribution in [-0.4, -0.2) is 20.6 Å². The van der Waals surface area contributed by atoms with Crippen molar-refractivity contribution in [3.8, 4) is 10.6 Å². The number of aliphatic carboxylic acids is 1. The van der Waals surface area contributed by atoms with Gasteiger partial charge < -0.3 is 9.67 Å². The third kappa shape index (κ3) is 4.77. The van der Waals surface area contributed by atoms with E-state index < -0.39 is 17.7 Å². The molecular formula is C22H17F3N2O2S2. The molecule has 160 valence electrons. The summed E-state index contributed by atoms with van der Waals surface area (Å²) in [6, 6.07) is 12.8. The number of benzene rings is 2. The van der Waals surface area contributed by atoms with Crippen molar-refractivity contribution in [1.82, 2.24) is 9.55 Å². The molecule has 0 amide bonds. The molecule has 0 spiro atoms. The number of aromatic nitrogens is 2. The average Bonchev–Trinajstić information content (AvgIpc) is 3.28. The lowest BCUT2D eigenvalue weighted by Crippen LogP contribution is -2.06. The second kappa shape index (κ2) is 8.39. The van der Waals surface area contributed by atoms with Crippen LogP contribution in [0.2, 0.25) is 0 Å². The van der Waals surface area contributed by atoms with Crippen LogP contribution >= 0.6 is 23.1 Å². The zero-order chi connectivity index (χ0) is 22.2. The smallest absolute Gasteiger partial charge is 0.416 e. The number of nitrogens with zero attached hydrogens (tertiary/aromatic N) is 2. The van der Waals surface area contributed by atoms with Gasteiger partial charge in [0.2, 0.25) is 0 Å². The van der Waals surface area contributed by atoms with Gasteiger partial charge in [-0.3, -0.25) is 4.79 Å². The zero-order valence-corrected chi connectivity index (χ0v) is 17.9. The maximum Gasteiger partial charge on any atom is 0.416 e. The molecule has 0 fully saturated rings. The molecule has 2 aromatic heterocycles. The van der Waals surface area contributed by atoms with Crippen LogP contribution < -0.4 is 0 Å². The zero-order valence-electron chi connectivity index (χ0n) is 16.3. The molecule has 4 aromatic rings. The highest BCUT2D eigenvalue weighted by Gasteiger charge is 2.30. The summed E-state index contributed by atoms with van der Waals surface area (Å²) in [5, 5.41) is 10.7. The Labute approximate surface area is 184 Å². The summed E-state index contributed by atoms with van der Waals surface area (Å²) in [5.74, 6) is -0.202. The van der Waals surface area contributed by atoms with Crippen LogP contribution in [0, 0.1) is 6.92 Å². The second-order valence-electron chi connectivity index (χ2n) is 6.95. The van der Waals surface area contributed by atoms with Crippen molar-refractivity contribution in [1.29, 1.82) is 0 Å². The lowest BCUT2D eigenvalue weighted by molar-refractivity contribution is -0.138. The van der Waals surface area contributed by atoms with Gasteiger partial charge in [0.1, 0.15) is 11.6 Å². The Hall–Kier alpha value is -2.78. The molecule has 0 saturated carbocycles.